The van der Waals surface area contributed by atoms with Crippen molar-refractivity contribution in [1.29, 1.82) is 0 Å². The Labute approximate surface area is 154 Å². The van der Waals surface area contributed by atoms with E-state index < -0.39 is 0 Å². The van der Waals surface area contributed by atoms with Gasteiger partial charge in [0.2, 0.25) is 0 Å². The molecule has 5 nitrogen and oxygen atoms in total. The maximum atomic E-state index is 12.7. The van der Waals surface area contributed by atoms with Crippen LogP contribution in [0.1, 0.15) is 28.2 Å². The second-order valence-corrected chi connectivity index (χ2v) is 6.61. The second kappa shape index (κ2) is 6.42. The lowest BCUT2D eigenvalue weighted by atomic mass is 10.1. The second-order valence-electron chi connectivity index (χ2n) is 6.17. The number of nitrogens with one attached hydrogen (secondary N) is 1. The van der Waals surface area contributed by atoms with E-state index in [0.717, 1.165) is 17.6 Å². The van der Waals surface area contributed by atoms with E-state index in [9.17, 15) is 9.59 Å². The Morgan fingerprint density at radius 2 is 2.00 bits per heavy atom. The van der Waals surface area contributed by atoms with E-state index in [0.29, 0.717) is 33.9 Å². The third-order valence-electron chi connectivity index (χ3n) is 4.55. The Balaban J connectivity index is 1.77. The Bertz CT molecular complexity index is 1110. The van der Waals surface area contributed by atoms with E-state index in [1.165, 1.54) is 0 Å². The van der Waals surface area contributed by atoms with E-state index in [-0.39, 0.29) is 11.5 Å². The standard InChI is InChI=1S/C20H16ClN3O2/c1-22-19(25)13-4-2-12(3-5-13)10-14-8-9-24-18(14)23-17-11-15(21)6-7-16(17)20(24)26/h2-7,10-11H,8-9H2,1H3,(H,22,25)/b14-10+. The highest BCUT2D eigenvalue weighted by Crippen LogP contribution is 2.28. The molecule has 0 saturated heterocycles. The maximum absolute atomic E-state index is 12.7. The lowest BCUT2D eigenvalue weighted by Gasteiger charge is -2.06. The molecule has 0 fully saturated rings. The molecule has 26 heavy (non-hydrogen) atoms. The van der Waals surface area contributed by atoms with Crippen molar-refractivity contribution in [3.8, 4) is 0 Å². The molecule has 0 saturated carbocycles. The average Bonchev–Trinajstić information content (AvgIpc) is 3.04. The molecule has 0 spiro atoms. The number of aromatic nitrogens is 2. The number of allylic oxidation sites excluding steroid dienone is 1. The number of benzene rings is 2. The van der Waals surface area contributed by atoms with Gasteiger partial charge >= 0.3 is 0 Å². The molecule has 1 aromatic heterocycles. The minimum Gasteiger partial charge on any atom is -0.355 e. The molecule has 4 rings (SSSR count). The van der Waals surface area contributed by atoms with Crippen LogP contribution in [0.15, 0.2) is 47.3 Å². The topological polar surface area (TPSA) is 64.0 Å². The molecular weight excluding hydrogens is 350 g/mol. The Kier molecular flexibility index (Phi) is 4.09. The fourth-order valence-corrected chi connectivity index (χ4v) is 3.37. The van der Waals surface area contributed by atoms with Gasteiger partial charge in [-0.25, -0.2) is 4.98 Å². The van der Waals surface area contributed by atoms with Crippen LogP contribution in [0.5, 0.6) is 0 Å². The summed E-state index contributed by atoms with van der Waals surface area (Å²) in [4.78, 5) is 29.0. The predicted octanol–water partition coefficient (Wildman–Crippen LogP) is 3.35. The van der Waals surface area contributed by atoms with Crippen molar-refractivity contribution in [2.24, 2.45) is 0 Å². The number of amides is 1. The van der Waals surface area contributed by atoms with Gasteiger partial charge in [-0.1, -0.05) is 23.7 Å². The molecule has 1 aliphatic rings. The molecule has 0 radical (unpaired) electrons. The minimum atomic E-state index is -0.119. The molecule has 0 bridgehead atoms. The van der Waals surface area contributed by atoms with Crippen LogP contribution in [0.25, 0.3) is 22.6 Å². The summed E-state index contributed by atoms with van der Waals surface area (Å²) in [6, 6.07) is 12.5. The molecule has 1 amide bonds. The van der Waals surface area contributed by atoms with Crippen LogP contribution in [-0.2, 0) is 6.54 Å². The van der Waals surface area contributed by atoms with Crippen molar-refractivity contribution in [2.45, 2.75) is 13.0 Å². The van der Waals surface area contributed by atoms with Gasteiger partial charge in [-0.15, -0.1) is 0 Å². The van der Waals surface area contributed by atoms with Gasteiger partial charge in [0.15, 0.2) is 0 Å². The van der Waals surface area contributed by atoms with Crippen molar-refractivity contribution < 1.29 is 4.79 Å². The van der Waals surface area contributed by atoms with Gasteiger partial charge in [0.1, 0.15) is 5.82 Å². The molecule has 0 aliphatic carbocycles. The highest BCUT2D eigenvalue weighted by Gasteiger charge is 2.21. The number of halogens is 1. The maximum Gasteiger partial charge on any atom is 0.261 e. The minimum absolute atomic E-state index is 0.0416. The monoisotopic (exact) mass is 365 g/mol. The van der Waals surface area contributed by atoms with Crippen LogP contribution in [0, 0.1) is 0 Å². The zero-order valence-electron chi connectivity index (χ0n) is 14.1. The van der Waals surface area contributed by atoms with Crippen LogP contribution in [0.3, 0.4) is 0 Å². The molecule has 3 aromatic rings. The quantitative estimate of drug-likeness (QED) is 0.757. The van der Waals surface area contributed by atoms with Gasteiger partial charge in [-0.3, -0.25) is 14.2 Å². The summed E-state index contributed by atoms with van der Waals surface area (Å²) in [6.07, 6.45) is 2.75. The van der Waals surface area contributed by atoms with Gasteiger partial charge in [0.05, 0.1) is 10.9 Å². The third-order valence-corrected chi connectivity index (χ3v) is 4.79. The Hall–Kier alpha value is -2.92. The molecule has 0 atom stereocenters. The van der Waals surface area contributed by atoms with Crippen molar-refractivity contribution in [3.63, 3.8) is 0 Å². The van der Waals surface area contributed by atoms with Crippen molar-refractivity contribution >= 4 is 40.1 Å². The van der Waals surface area contributed by atoms with Gasteiger partial charge < -0.3 is 5.32 Å². The summed E-state index contributed by atoms with van der Waals surface area (Å²) < 4.78 is 1.71. The normalized spacial score (nSPS) is 14.6. The summed E-state index contributed by atoms with van der Waals surface area (Å²) in [5.41, 5.74) is 3.13. The fraction of sp³-hybridized carbons (Fsp3) is 0.150. The number of hydrogen-bond acceptors (Lipinski definition) is 3. The average molecular weight is 366 g/mol. The van der Waals surface area contributed by atoms with E-state index in [2.05, 4.69) is 10.3 Å². The van der Waals surface area contributed by atoms with E-state index >= 15 is 0 Å². The number of fused-ring (bicyclic) bond motifs is 2. The van der Waals surface area contributed by atoms with Gasteiger partial charge in [0, 0.05) is 24.2 Å². The summed E-state index contributed by atoms with van der Waals surface area (Å²) in [5.74, 6) is 0.562. The van der Waals surface area contributed by atoms with Crippen LogP contribution in [0.2, 0.25) is 5.02 Å². The SMILES string of the molecule is CNC(=O)c1ccc(/C=C2\CCn3c2nc2cc(Cl)ccc2c3=O)cc1. The lowest BCUT2D eigenvalue weighted by Crippen LogP contribution is -2.20. The molecule has 1 N–H and O–H groups in total. The zero-order valence-corrected chi connectivity index (χ0v) is 14.9. The lowest BCUT2D eigenvalue weighted by molar-refractivity contribution is 0.0963. The first-order valence-corrected chi connectivity index (χ1v) is 8.68. The van der Waals surface area contributed by atoms with Crippen LogP contribution >= 0.6 is 11.6 Å². The Morgan fingerprint density at radius 1 is 1.23 bits per heavy atom. The van der Waals surface area contributed by atoms with Crippen LogP contribution < -0.4 is 10.9 Å². The number of nitrogens with zero attached hydrogens (tertiary/aromatic N) is 2. The number of carbonyl (C=O) groups is 1. The smallest absolute Gasteiger partial charge is 0.261 e. The number of hydrogen-bond donors (Lipinski definition) is 1. The van der Waals surface area contributed by atoms with Gasteiger partial charge in [-0.05, 0) is 54.0 Å². The first-order chi connectivity index (χ1) is 12.6. The molecular formula is C20H16ClN3O2. The highest BCUT2D eigenvalue weighted by molar-refractivity contribution is 6.31. The fourth-order valence-electron chi connectivity index (χ4n) is 3.20. The van der Waals surface area contributed by atoms with E-state index in [1.807, 2.05) is 18.2 Å². The van der Waals surface area contributed by atoms with Crippen molar-refractivity contribution in [3.05, 3.63) is 74.8 Å². The number of rotatable bonds is 2. The van der Waals surface area contributed by atoms with Crippen LogP contribution in [0.4, 0.5) is 0 Å². The first kappa shape index (κ1) is 16.5. The molecule has 2 aromatic carbocycles. The summed E-state index contributed by atoms with van der Waals surface area (Å²) in [6.45, 7) is 0.613. The third kappa shape index (κ3) is 2.80. The van der Waals surface area contributed by atoms with Crippen molar-refractivity contribution in [1.82, 2.24) is 14.9 Å². The summed E-state index contributed by atoms with van der Waals surface area (Å²) in [7, 11) is 1.60. The van der Waals surface area contributed by atoms with E-state index in [4.69, 9.17) is 11.6 Å². The zero-order chi connectivity index (χ0) is 18.3. The van der Waals surface area contributed by atoms with Crippen LogP contribution in [-0.4, -0.2) is 22.5 Å². The first-order valence-electron chi connectivity index (χ1n) is 8.30. The molecule has 130 valence electrons. The largest absolute Gasteiger partial charge is 0.355 e. The Morgan fingerprint density at radius 3 is 2.73 bits per heavy atom. The predicted molar refractivity (Wildman–Crippen MR) is 103 cm³/mol. The summed E-state index contributed by atoms with van der Waals surface area (Å²) >= 11 is 6.04. The molecule has 2 heterocycles. The van der Waals surface area contributed by atoms with Gasteiger partial charge in [0.25, 0.3) is 11.5 Å². The molecule has 1 aliphatic heterocycles. The van der Waals surface area contributed by atoms with E-state index in [1.54, 1.807) is 41.9 Å². The summed E-state index contributed by atoms with van der Waals surface area (Å²) in [5, 5.41) is 3.74. The highest BCUT2D eigenvalue weighted by atomic mass is 35.5. The van der Waals surface area contributed by atoms with Gasteiger partial charge in [-0.2, -0.15) is 0 Å². The molecule has 0 unspecified atom stereocenters. The number of carbonyl (C=O) groups excluding carboxylic acids is 1. The molecule has 6 heteroatoms. The van der Waals surface area contributed by atoms with Crippen molar-refractivity contribution in [2.75, 3.05) is 7.05 Å².